The molecule has 5 nitrogen and oxygen atoms in total. The second-order valence-corrected chi connectivity index (χ2v) is 7.22. The highest BCUT2D eigenvalue weighted by Crippen LogP contribution is 2.21. The van der Waals surface area contributed by atoms with Gasteiger partial charge in [0.25, 0.3) is 0 Å². The van der Waals surface area contributed by atoms with Crippen molar-refractivity contribution in [3.8, 4) is 0 Å². The minimum atomic E-state index is -0.0961. The molecule has 0 aliphatic carbocycles. The monoisotopic (exact) mass is 344 g/mol. The van der Waals surface area contributed by atoms with E-state index in [9.17, 15) is 4.79 Å². The van der Waals surface area contributed by atoms with Crippen LogP contribution in [0.4, 0.5) is 0 Å². The Kier molecular flexibility index (Phi) is 5.60. The van der Waals surface area contributed by atoms with Crippen LogP contribution in [0, 0.1) is 5.92 Å². The largest absolute Gasteiger partial charge is 0.347 e. The van der Waals surface area contributed by atoms with Crippen LogP contribution in [-0.4, -0.2) is 23.0 Å². The van der Waals surface area contributed by atoms with E-state index in [4.69, 9.17) is 0 Å². The van der Waals surface area contributed by atoms with Crippen molar-refractivity contribution in [3.63, 3.8) is 0 Å². The number of pyridine rings is 1. The van der Waals surface area contributed by atoms with Gasteiger partial charge in [0.1, 0.15) is 0 Å². The topological polar surface area (TPSA) is 66.0 Å². The molecule has 1 saturated heterocycles. The van der Waals surface area contributed by atoms with Gasteiger partial charge in [-0.05, 0) is 54.8 Å². The molecule has 1 amide bonds. The zero-order chi connectivity index (χ0) is 16.9. The van der Waals surface area contributed by atoms with E-state index in [1.54, 1.807) is 17.5 Å². The molecule has 128 valence electrons. The van der Waals surface area contributed by atoms with E-state index in [1.807, 2.05) is 18.2 Å². The summed E-state index contributed by atoms with van der Waals surface area (Å²) in [5.74, 6) is 0.366. The lowest BCUT2D eigenvalue weighted by Crippen LogP contribution is -2.35. The molecule has 3 heterocycles. The van der Waals surface area contributed by atoms with Crippen molar-refractivity contribution in [1.82, 2.24) is 21.2 Å². The average molecular weight is 344 g/mol. The van der Waals surface area contributed by atoms with Crippen molar-refractivity contribution >= 4 is 17.2 Å². The summed E-state index contributed by atoms with van der Waals surface area (Å²) in [7, 11) is 0. The molecule has 2 aromatic rings. The third kappa shape index (κ3) is 4.20. The van der Waals surface area contributed by atoms with Gasteiger partial charge in [0, 0.05) is 30.6 Å². The quantitative estimate of drug-likeness (QED) is 0.753. The Morgan fingerprint density at radius 3 is 2.71 bits per heavy atom. The highest BCUT2D eigenvalue weighted by atomic mass is 32.1. The smallest absolute Gasteiger partial charge is 0.220 e. The van der Waals surface area contributed by atoms with E-state index in [0.29, 0.717) is 6.42 Å². The minimum absolute atomic E-state index is 0.0788. The van der Waals surface area contributed by atoms with Gasteiger partial charge in [0.05, 0.1) is 11.7 Å². The molecular weight excluding hydrogens is 320 g/mol. The van der Waals surface area contributed by atoms with Crippen LogP contribution >= 0.6 is 11.3 Å². The molecule has 3 N–H and O–H groups in total. The Balaban J connectivity index is 1.68. The predicted molar refractivity (Wildman–Crippen MR) is 96.4 cm³/mol. The first kappa shape index (κ1) is 17.1. The molecule has 3 atom stereocenters. The van der Waals surface area contributed by atoms with Crippen molar-refractivity contribution < 1.29 is 4.79 Å². The highest BCUT2D eigenvalue weighted by Gasteiger charge is 2.32. The fraction of sp³-hybridized carbons (Fsp3) is 0.444. The predicted octanol–water partition coefficient (Wildman–Crippen LogP) is 2.43. The lowest BCUT2D eigenvalue weighted by molar-refractivity contribution is -0.123. The van der Waals surface area contributed by atoms with Gasteiger partial charge in [0.15, 0.2) is 0 Å². The van der Waals surface area contributed by atoms with Crippen LogP contribution in [0.2, 0.25) is 0 Å². The first-order valence-corrected chi connectivity index (χ1v) is 9.30. The van der Waals surface area contributed by atoms with Gasteiger partial charge in [-0.1, -0.05) is 6.07 Å². The SMILES string of the molecule is CC1NNC(C)C1CC(=O)NC(Cc1ccsc1)c1ccccn1. The third-order valence-electron chi connectivity index (χ3n) is 4.64. The van der Waals surface area contributed by atoms with Gasteiger partial charge in [-0.3, -0.25) is 20.6 Å². The zero-order valence-electron chi connectivity index (χ0n) is 14.0. The maximum absolute atomic E-state index is 12.6. The van der Waals surface area contributed by atoms with Crippen LogP contribution < -0.4 is 16.2 Å². The van der Waals surface area contributed by atoms with Crippen molar-refractivity contribution in [3.05, 3.63) is 52.5 Å². The summed E-state index contributed by atoms with van der Waals surface area (Å²) >= 11 is 1.67. The van der Waals surface area contributed by atoms with Crippen LogP contribution in [0.3, 0.4) is 0 Å². The van der Waals surface area contributed by atoms with Crippen molar-refractivity contribution in [2.24, 2.45) is 5.92 Å². The summed E-state index contributed by atoms with van der Waals surface area (Å²) in [5.41, 5.74) is 8.54. The molecule has 1 aliphatic rings. The Bertz CT molecular complexity index is 636. The molecule has 2 aromatic heterocycles. The van der Waals surface area contributed by atoms with E-state index in [1.165, 1.54) is 5.56 Å². The summed E-state index contributed by atoms with van der Waals surface area (Å²) in [6.07, 6.45) is 3.05. The molecule has 1 fully saturated rings. The normalized spacial score (nSPS) is 24.7. The van der Waals surface area contributed by atoms with E-state index >= 15 is 0 Å². The zero-order valence-corrected chi connectivity index (χ0v) is 14.8. The van der Waals surface area contributed by atoms with Crippen molar-refractivity contribution in [1.29, 1.82) is 0 Å². The van der Waals surface area contributed by atoms with Crippen LogP contribution in [0.5, 0.6) is 0 Å². The summed E-state index contributed by atoms with van der Waals surface area (Å²) in [5, 5.41) is 7.37. The number of aromatic nitrogens is 1. The van der Waals surface area contributed by atoms with Gasteiger partial charge in [0.2, 0.25) is 5.91 Å². The van der Waals surface area contributed by atoms with Gasteiger partial charge in [-0.2, -0.15) is 11.3 Å². The third-order valence-corrected chi connectivity index (χ3v) is 5.38. The van der Waals surface area contributed by atoms with Crippen LogP contribution in [0.25, 0.3) is 0 Å². The Labute approximate surface area is 146 Å². The molecule has 6 heteroatoms. The lowest BCUT2D eigenvalue weighted by atomic mass is 9.92. The molecule has 0 spiro atoms. The number of nitrogens with one attached hydrogen (secondary N) is 3. The lowest BCUT2D eigenvalue weighted by Gasteiger charge is -2.21. The minimum Gasteiger partial charge on any atom is -0.347 e. The Morgan fingerprint density at radius 1 is 1.29 bits per heavy atom. The van der Waals surface area contributed by atoms with Gasteiger partial charge >= 0.3 is 0 Å². The molecule has 0 bridgehead atoms. The molecule has 24 heavy (non-hydrogen) atoms. The summed E-state index contributed by atoms with van der Waals surface area (Å²) < 4.78 is 0. The number of carbonyl (C=O) groups is 1. The molecule has 3 rings (SSSR count). The molecule has 0 saturated carbocycles. The van der Waals surface area contributed by atoms with E-state index < -0.39 is 0 Å². The number of thiophene rings is 1. The number of carbonyl (C=O) groups excluding carboxylic acids is 1. The number of hydrazine groups is 1. The molecule has 1 aliphatic heterocycles. The van der Waals surface area contributed by atoms with Gasteiger partial charge in [-0.25, -0.2) is 0 Å². The second kappa shape index (κ2) is 7.88. The van der Waals surface area contributed by atoms with Crippen LogP contribution in [0.1, 0.15) is 37.6 Å². The second-order valence-electron chi connectivity index (χ2n) is 6.44. The van der Waals surface area contributed by atoms with Gasteiger partial charge in [-0.15, -0.1) is 0 Å². The molecular formula is C18H24N4OS. The average Bonchev–Trinajstić information content (AvgIpc) is 3.20. The number of hydrogen-bond acceptors (Lipinski definition) is 5. The molecule has 0 aromatic carbocycles. The maximum Gasteiger partial charge on any atom is 0.220 e. The number of nitrogens with zero attached hydrogens (tertiary/aromatic N) is 1. The van der Waals surface area contributed by atoms with Gasteiger partial charge < -0.3 is 5.32 Å². The first-order chi connectivity index (χ1) is 11.6. The van der Waals surface area contributed by atoms with Crippen molar-refractivity contribution in [2.75, 3.05) is 0 Å². The number of hydrogen-bond donors (Lipinski definition) is 3. The first-order valence-electron chi connectivity index (χ1n) is 8.36. The van der Waals surface area contributed by atoms with Crippen LogP contribution in [0.15, 0.2) is 41.2 Å². The number of rotatable bonds is 6. The molecule has 0 radical (unpaired) electrons. The summed E-state index contributed by atoms with van der Waals surface area (Å²) in [4.78, 5) is 17.0. The Hall–Kier alpha value is -1.76. The van der Waals surface area contributed by atoms with Crippen molar-refractivity contribution in [2.45, 2.75) is 44.8 Å². The van der Waals surface area contributed by atoms with Crippen LogP contribution in [-0.2, 0) is 11.2 Å². The number of amides is 1. The van der Waals surface area contributed by atoms with E-state index in [0.717, 1.165) is 12.1 Å². The standard InChI is InChI=1S/C18H24N4OS/c1-12-15(13(2)22-21-12)10-18(23)20-17(9-14-6-8-24-11-14)16-5-3-4-7-19-16/h3-8,11-13,15,17,21-22H,9-10H2,1-2H3,(H,20,23). The fourth-order valence-electron chi connectivity index (χ4n) is 3.19. The Morgan fingerprint density at radius 2 is 2.08 bits per heavy atom. The van der Waals surface area contributed by atoms with E-state index in [2.05, 4.69) is 51.8 Å². The fourth-order valence-corrected chi connectivity index (χ4v) is 3.87. The van der Waals surface area contributed by atoms with E-state index in [-0.39, 0.29) is 30.0 Å². The highest BCUT2D eigenvalue weighted by molar-refractivity contribution is 7.07. The molecule has 3 unspecified atom stereocenters. The maximum atomic E-state index is 12.6. The summed E-state index contributed by atoms with van der Waals surface area (Å²) in [6.45, 7) is 4.21. The summed E-state index contributed by atoms with van der Waals surface area (Å²) in [6, 6.07) is 8.41.